The van der Waals surface area contributed by atoms with Crippen LogP contribution in [0.2, 0.25) is 0 Å². The van der Waals surface area contributed by atoms with Crippen LogP contribution >= 0.6 is 11.8 Å². The summed E-state index contributed by atoms with van der Waals surface area (Å²) in [7, 11) is 0. The summed E-state index contributed by atoms with van der Waals surface area (Å²) in [4.78, 5) is 24.2. The summed E-state index contributed by atoms with van der Waals surface area (Å²) in [5.41, 5.74) is -1.49. The van der Waals surface area contributed by atoms with Crippen LogP contribution in [0.1, 0.15) is 6.04 Å². The maximum absolute atomic E-state index is 13.8. The molecule has 5 nitrogen and oxygen atoms in total. The van der Waals surface area contributed by atoms with E-state index in [1.807, 2.05) is 4.98 Å². The number of nitrogens with one attached hydrogen (secondary N) is 1. The van der Waals surface area contributed by atoms with E-state index in [1.54, 1.807) is 0 Å². The second-order valence-electron chi connectivity index (χ2n) is 3.71. The van der Waals surface area contributed by atoms with Gasteiger partial charge in [0.25, 0.3) is 11.5 Å². The van der Waals surface area contributed by atoms with Crippen molar-refractivity contribution < 1.29 is 13.9 Å². The Morgan fingerprint density at radius 1 is 1.59 bits per heavy atom. The molecule has 0 unspecified atom stereocenters. The smallest absolute Gasteiger partial charge is 0.328 e. The zero-order chi connectivity index (χ0) is 12.6. The molecule has 0 amide bonds. The van der Waals surface area contributed by atoms with Gasteiger partial charge >= 0.3 is 5.69 Å². The quantitative estimate of drug-likeness (QED) is 0.777. The lowest BCUT2D eigenvalue weighted by Crippen LogP contribution is -2.42. The maximum Gasteiger partial charge on any atom is 0.328 e. The van der Waals surface area contributed by atoms with Crippen molar-refractivity contribution in [2.24, 2.45) is 0 Å². The van der Waals surface area contributed by atoms with Gasteiger partial charge in [-0.2, -0.15) is 0 Å². The van der Waals surface area contributed by atoms with Crippen LogP contribution in [0.4, 0.5) is 8.78 Å². The van der Waals surface area contributed by atoms with E-state index in [2.05, 4.69) is 0 Å². The predicted molar refractivity (Wildman–Crippen MR) is 58.6 cm³/mol. The number of aromatic nitrogens is 2. The molecule has 1 saturated heterocycles. The maximum atomic E-state index is 13.8. The van der Waals surface area contributed by atoms with Crippen LogP contribution in [0.3, 0.4) is 0 Å². The number of hydrogen-bond donors (Lipinski definition) is 2. The van der Waals surface area contributed by atoms with Crippen molar-refractivity contribution in [2.45, 2.75) is 17.2 Å². The second-order valence-corrected chi connectivity index (χ2v) is 4.95. The Hall–Kier alpha value is -1.15. The molecule has 2 rings (SSSR count). The molecule has 1 aromatic rings. The Labute approximate surface area is 98.5 Å². The molecular weight excluding hydrogens is 254 g/mol. The molecule has 1 aliphatic heterocycles. The molecule has 17 heavy (non-hydrogen) atoms. The van der Waals surface area contributed by atoms with E-state index >= 15 is 0 Å². The number of aliphatic hydroxyl groups is 1. The zero-order valence-corrected chi connectivity index (χ0v) is 9.42. The second kappa shape index (κ2) is 4.26. The lowest BCUT2D eigenvalue weighted by molar-refractivity contribution is -0.0475. The molecular formula is C9H10F2N2O3S. The molecule has 1 fully saturated rings. The minimum absolute atomic E-state index is 0.0180. The molecule has 94 valence electrons. The number of hydrogen-bond acceptors (Lipinski definition) is 4. The molecule has 1 aromatic heterocycles. The van der Waals surface area contributed by atoms with Crippen LogP contribution in [-0.4, -0.2) is 38.2 Å². The fourth-order valence-corrected chi connectivity index (χ4v) is 3.04. The number of aromatic amines is 1. The predicted octanol–water partition coefficient (Wildman–Crippen LogP) is -0.179. The Morgan fingerprint density at radius 2 is 2.29 bits per heavy atom. The summed E-state index contributed by atoms with van der Waals surface area (Å²) in [6, 6.07) is -0.317. The van der Waals surface area contributed by atoms with Gasteiger partial charge in [-0.3, -0.25) is 14.3 Å². The molecule has 0 bridgehead atoms. The van der Waals surface area contributed by atoms with Crippen molar-refractivity contribution in [3.05, 3.63) is 33.1 Å². The first-order valence-electron chi connectivity index (χ1n) is 4.88. The van der Waals surface area contributed by atoms with Crippen molar-refractivity contribution >= 4 is 11.8 Å². The van der Waals surface area contributed by atoms with Crippen LogP contribution in [0.25, 0.3) is 0 Å². The van der Waals surface area contributed by atoms with E-state index < -0.39 is 35.1 Å². The lowest BCUT2D eigenvalue weighted by Gasteiger charge is -2.23. The number of H-pyrrole nitrogens is 1. The van der Waals surface area contributed by atoms with Crippen LogP contribution in [0, 0.1) is 0 Å². The standard InChI is InChI=1S/C9H10F2N2O3S/c10-9(11)5(4-17-6(9)3-14)13-2-1-7(15)12-8(13)16/h1-2,5-6,14H,3-4H2,(H,12,15,16)/t5-,6+/m1/s1. The summed E-state index contributed by atoms with van der Waals surface area (Å²) in [6.45, 7) is -0.647. The molecule has 8 heteroatoms. The molecule has 0 aromatic carbocycles. The normalized spacial score (nSPS) is 27.2. The molecule has 1 aliphatic rings. The van der Waals surface area contributed by atoms with Crippen molar-refractivity contribution in [1.29, 1.82) is 0 Å². The number of alkyl halides is 2. The van der Waals surface area contributed by atoms with Gasteiger partial charge in [-0.05, 0) is 0 Å². The van der Waals surface area contributed by atoms with Gasteiger partial charge < -0.3 is 5.11 Å². The average Bonchev–Trinajstić information content (AvgIpc) is 2.54. The topological polar surface area (TPSA) is 75.1 Å². The first-order chi connectivity index (χ1) is 7.96. The molecule has 0 aliphatic carbocycles. The number of thioether (sulfide) groups is 1. The largest absolute Gasteiger partial charge is 0.395 e. The van der Waals surface area contributed by atoms with Crippen LogP contribution in [-0.2, 0) is 0 Å². The van der Waals surface area contributed by atoms with Gasteiger partial charge in [0.15, 0.2) is 0 Å². The highest BCUT2D eigenvalue weighted by Crippen LogP contribution is 2.46. The summed E-state index contributed by atoms with van der Waals surface area (Å²) in [6.07, 6.45) is 1.06. The third-order valence-electron chi connectivity index (χ3n) is 2.68. The summed E-state index contributed by atoms with van der Waals surface area (Å²) >= 11 is 0.913. The van der Waals surface area contributed by atoms with Gasteiger partial charge in [0.05, 0.1) is 11.9 Å². The Bertz CT molecular complexity index is 527. The number of rotatable bonds is 2. The van der Waals surface area contributed by atoms with E-state index in [0.717, 1.165) is 28.6 Å². The minimum Gasteiger partial charge on any atom is -0.395 e. The number of aliphatic hydroxyl groups excluding tert-OH is 1. The molecule has 0 spiro atoms. The van der Waals surface area contributed by atoms with Gasteiger partial charge in [0.1, 0.15) is 6.04 Å². The molecule has 2 N–H and O–H groups in total. The van der Waals surface area contributed by atoms with Crippen LogP contribution in [0.5, 0.6) is 0 Å². The molecule has 0 saturated carbocycles. The van der Waals surface area contributed by atoms with E-state index in [9.17, 15) is 18.4 Å². The molecule has 0 radical (unpaired) electrons. The highest BCUT2D eigenvalue weighted by molar-refractivity contribution is 8.00. The molecule has 2 heterocycles. The summed E-state index contributed by atoms with van der Waals surface area (Å²) in [5, 5.41) is 7.62. The molecule has 2 atom stereocenters. The van der Waals surface area contributed by atoms with E-state index in [4.69, 9.17) is 5.11 Å². The van der Waals surface area contributed by atoms with Crippen LogP contribution < -0.4 is 11.2 Å². The average molecular weight is 264 g/mol. The fourth-order valence-electron chi connectivity index (χ4n) is 1.76. The van der Waals surface area contributed by atoms with E-state index in [0.29, 0.717) is 0 Å². The fraction of sp³-hybridized carbons (Fsp3) is 0.556. The zero-order valence-electron chi connectivity index (χ0n) is 8.60. The Balaban J connectivity index is 2.42. The SMILES string of the molecule is O=c1ccn([C@@H]2CS[C@@H](CO)C2(F)F)c(=O)[nH]1. The van der Waals surface area contributed by atoms with Crippen molar-refractivity contribution in [1.82, 2.24) is 9.55 Å². The van der Waals surface area contributed by atoms with E-state index in [-0.39, 0.29) is 5.75 Å². The van der Waals surface area contributed by atoms with Gasteiger partial charge in [0.2, 0.25) is 0 Å². The monoisotopic (exact) mass is 264 g/mol. The lowest BCUT2D eigenvalue weighted by atomic mass is 10.1. The third-order valence-corrected chi connectivity index (χ3v) is 4.06. The Kier molecular flexibility index (Phi) is 3.09. The van der Waals surface area contributed by atoms with Crippen molar-refractivity contribution in [3.8, 4) is 0 Å². The number of halogens is 2. The first kappa shape index (κ1) is 12.3. The summed E-state index contributed by atoms with van der Waals surface area (Å²) in [5.74, 6) is -3.16. The highest BCUT2D eigenvalue weighted by Gasteiger charge is 2.53. The van der Waals surface area contributed by atoms with Crippen molar-refractivity contribution in [3.63, 3.8) is 0 Å². The first-order valence-corrected chi connectivity index (χ1v) is 5.93. The summed E-state index contributed by atoms with van der Waals surface area (Å²) < 4.78 is 28.4. The van der Waals surface area contributed by atoms with Crippen molar-refractivity contribution in [2.75, 3.05) is 12.4 Å². The van der Waals surface area contributed by atoms with Gasteiger partial charge in [-0.1, -0.05) is 0 Å². The van der Waals surface area contributed by atoms with Gasteiger partial charge in [-0.15, -0.1) is 11.8 Å². The van der Waals surface area contributed by atoms with E-state index in [1.165, 1.54) is 0 Å². The third kappa shape index (κ3) is 2.02. The highest BCUT2D eigenvalue weighted by atomic mass is 32.2. The van der Waals surface area contributed by atoms with Gasteiger partial charge in [-0.25, -0.2) is 13.6 Å². The van der Waals surface area contributed by atoms with Gasteiger partial charge in [0, 0.05) is 18.0 Å². The minimum atomic E-state index is -3.18. The van der Waals surface area contributed by atoms with Crippen LogP contribution in [0.15, 0.2) is 21.9 Å². The number of nitrogens with zero attached hydrogens (tertiary/aromatic N) is 1. The Morgan fingerprint density at radius 3 is 2.82 bits per heavy atom.